The Labute approximate surface area is 218 Å². The standard InChI is InChI=1S/C28H24F2N4O3S/c29-21-7-9-23(10-8-21)34-26-14-20-11-13-33(38(36,37)24-5-3-4-22(30)15-24)18-28(20,16-19(26)17-32-34)27(35)25-6-1-2-12-31-25/h1-10,12,15,17,20H,11,13-14,16,18H2/t20-,28-/m0/s1. The first-order valence-corrected chi connectivity index (χ1v) is 13.8. The minimum atomic E-state index is -4.04. The molecule has 1 aliphatic heterocycles. The summed E-state index contributed by atoms with van der Waals surface area (Å²) in [6, 6.07) is 16.1. The van der Waals surface area contributed by atoms with Crippen LogP contribution in [0.1, 0.15) is 28.2 Å². The van der Waals surface area contributed by atoms with E-state index in [9.17, 15) is 22.0 Å². The summed E-state index contributed by atoms with van der Waals surface area (Å²) in [5.74, 6) is -1.39. The summed E-state index contributed by atoms with van der Waals surface area (Å²) in [5, 5.41) is 4.54. The molecule has 2 aromatic heterocycles. The number of halogens is 2. The summed E-state index contributed by atoms with van der Waals surface area (Å²) in [5.41, 5.74) is 1.67. The molecule has 7 nitrogen and oxygen atoms in total. The molecule has 1 saturated heterocycles. The van der Waals surface area contributed by atoms with Gasteiger partial charge in [-0.2, -0.15) is 9.40 Å². The van der Waals surface area contributed by atoms with Crippen molar-refractivity contribution < 1.29 is 22.0 Å². The van der Waals surface area contributed by atoms with E-state index in [0.29, 0.717) is 18.5 Å². The molecule has 0 bridgehead atoms. The Bertz CT molecular complexity index is 1620. The molecule has 4 aromatic rings. The van der Waals surface area contributed by atoms with E-state index in [0.717, 1.165) is 17.3 Å². The van der Waals surface area contributed by atoms with Gasteiger partial charge in [-0.05, 0) is 85.3 Å². The summed E-state index contributed by atoms with van der Waals surface area (Å²) in [6.07, 6.45) is 4.45. The Morgan fingerprint density at radius 1 is 1.00 bits per heavy atom. The van der Waals surface area contributed by atoms with Crippen molar-refractivity contribution in [2.24, 2.45) is 11.3 Å². The van der Waals surface area contributed by atoms with Crippen LogP contribution < -0.4 is 0 Å². The van der Waals surface area contributed by atoms with E-state index in [1.54, 1.807) is 47.4 Å². The maximum atomic E-state index is 14.1. The highest BCUT2D eigenvalue weighted by Crippen LogP contribution is 2.48. The van der Waals surface area contributed by atoms with Gasteiger partial charge in [0, 0.05) is 25.0 Å². The monoisotopic (exact) mass is 534 g/mol. The number of carbonyl (C=O) groups excluding carboxylic acids is 1. The van der Waals surface area contributed by atoms with Crippen LogP contribution in [0.4, 0.5) is 8.78 Å². The number of aromatic nitrogens is 3. The Morgan fingerprint density at radius 3 is 2.55 bits per heavy atom. The summed E-state index contributed by atoms with van der Waals surface area (Å²) >= 11 is 0. The Balaban J connectivity index is 1.43. The van der Waals surface area contributed by atoms with Gasteiger partial charge >= 0.3 is 0 Å². The second-order valence-electron chi connectivity index (χ2n) is 9.87. The third-order valence-corrected chi connectivity index (χ3v) is 9.56. The molecular weight excluding hydrogens is 510 g/mol. The molecule has 3 heterocycles. The molecule has 0 N–H and O–H groups in total. The molecule has 0 radical (unpaired) electrons. The largest absolute Gasteiger partial charge is 0.292 e. The second-order valence-corrected chi connectivity index (χ2v) is 11.8. The lowest BCUT2D eigenvalue weighted by atomic mass is 9.60. The lowest BCUT2D eigenvalue weighted by molar-refractivity contribution is 0.0394. The summed E-state index contributed by atoms with van der Waals surface area (Å²) in [4.78, 5) is 18.3. The predicted molar refractivity (Wildman–Crippen MR) is 135 cm³/mol. The van der Waals surface area contributed by atoms with E-state index in [4.69, 9.17) is 0 Å². The molecule has 1 fully saturated rings. The summed E-state index contributed by atoms with van der Waals surface area (Å²) < 4.78 is 57.6. The maximum absolute atomic E-state index is 14.1. The summed E-state index contributed by atoms with van der Waals surface area (Å²) in [6.45, 7) is 0.147. The van der Waals surface area contributed by atoms with Crippen LogP contribution in [0.2, 0.25) is 0 Å². The predicted octanol–water partition coefficient (Wildman–Crippen LogP) is 4.22. The smallest absolute Gasteiger partial charge is 0.243 e. The number of piperidine rings is 1. The van der Waals surface area contributed by atoms with Crippen LogP contribution in [0.3, 0.4) is 0 Å². The number of hydrogen-bond acceptors (Lipinski definition) is 5. The second kappa shape index (κ2) is 9.21. The molecule has 38 heavy (non-hydrogen) atoms. The van der Waals surface area contributed by atoms with Crippen LogP contribution in [0.25, 0.3) is 5.69 Å². The lowest BCUT2D eigenvalue weighted by Crippen LogP contribution is -2.57. The van der Waals surface area contributed by atoms with Gasteiger partial charge in [-0.3, -0.25) is 9.78 Å². The van der Waals surface area contributed by atoms with Gasteiger partial charge in [-0.25, -0.2) is 21.9 Å². The van der Waals surface area contributed by atoms with Crippen molar-refractivity contribution in [1.82, 2.24) is 19.1 Å². The van der Waals surface area contributed by atoms with E-state index < -0.39 is 21.3 Å². The number of carbonyl (C=O) groups is 1. The van der Waals surface area contributed by atoms with Crippen molar-refractivity contribution in [3.8, 4) is 5.69 Å². The Kier molecular flexibility index (Phi) is 5.96. The fourth-order valence-electron chi connectivity index (χ4n) is 5.82. The number of ketones is 1. The van der Waals surface area contributed by atoms with Crippen molar-refractivity contribution in [2.45, 2.75) is 24.2 Å². The van der Waals surface area contributed by atoms with Gasteiger partial charge in [0.15, 0.2) is 5.78 Å². The summed E-state index contributed by atoms with van der Waals surface area (Å²) in [7, 11) is -4.04. The van der Waals surface area contributed by atoms with E-state index in [2.05, 4.69) is 10.1 Å². The zero-order chi connectivity index (χ0) is 26.5. The molecule has 10 heteroatoms. The number of Topliss-reactive ketones (excluding diaryl/α,β-unsaturated/α-hetero) is 1. The molecule has 0 spiro atoms. The van der Waals surface area contributed by atoms with Crippen LogP contribution in [-0.2, 0) is 22.9 Å². The first kappa shape index (κ1) is 24.6. The average Bonchev–Trinajstić information content (AvgIpc) is 3.34. The highest BCUT2D eigenvalue weighted by molar-refractivity contribution is 7.89. The van der Waals surface area contributed by atoms with Gasteiger partial charge in [-0.1, -0.05) is 12.1 Å². The molecule has 0 amide bonds. The van der Waals surface area contributed by atoms with E-state index in [1.165, 1.54) is 34.6 Å². The molecule has 1 aliphatic carbocycles. The van der Waals surface area contributed by atoms with Crippen LogP contribution in [0.5, 0.6) is 0 Å². The van der Waals surface area contributed by atoms with Gasteiger partial charge in [0.1, 0.15) is 17.3 Å². The number of fused-ring (bicyclic) bond motifs is 2. The highest BCUT2D eigenvalue weighted by Gasteiger charge is 2.54. The molecule has 6 rings (SSSR count). The third kappa shape index (κ3) is 4.04. The molecule has 2 atom stereocenters. The van der Waals surface area contributed by atoms with Crippen molar-refractivity contribution in [2.75, 3.05) is 13.1 Å². The van der Waals surface area contributed by atoms with Crippen LogP contribution in [-0.4, -0.2) is 46.4 Å². The number of pyridine rings is 1. The zero-order valence-electron chi connectivity index (χ0n) is 20.3. The Morgan fingerprint density at radius 2 is 1.82 bits per heavy atom. The lowest BCUT2D eigenvalue weighted by Gasteiger charge is -2.49. The van der Waals surface area contributed by atoms with Gasteiger partial charge in [0.05, 0.1) is 22.2 Å². The van der Waals surface area contributed by atoms with Gasteiger partial charge in [0.2, 0.25) is 10.0 Å². The molecule has 194 valence electrons. The zero-order valence-corrected chi connectivity index (χ0v) is 21.1. The van der Waals surface area contributed by atoms with Crippen molar-refractivity contribution >= 4 is 15.8 Å². The quantitative estimate of drug-likeness (QED) is 0.358. The number of nitrogens with zero attached hydrogens (tertiary/aromatic N) is 4. The van der Waals surface area contributed by atoms with Gasteiger partial charge < -0.3 is 0 Å². The van der Waals surface area contributed by atoms with Crippen LogP contribution >= 0.6 is 0 Å². The Hall–Kier alpha value is -3.76. The van der Waals surface area contributed by atoms with Gasteiger partial charge in [0.25, 0.3) is 0 Å². The highest BCUT2D eigenvalue weighted by atomic mass is 32.2. The third-order valence-electron chi connectivity index (χ3n) is 7.72. The molecule has 2 aromatic carbocycles. The molecule has 2 aliphatic rings. The van der Waals surface area contributed by atoms with Gasteiger partial charge in [-0.15, -0.1) is 0 Å². The van der Waals surface area contributed by atoms with Crippen molar-refractivity contribution in [1.29, 1.82) is 0 Å². The number of benzene rings is 2. The number of sulfonamides is 1. The number of hydrogen-bond donors (Lipinski definition) is 0. The average molecular weight is 535 g/mol. The fourth-order valence-corrected chi connectivity index (χ4v) is 7.38. The fraction of sp³-hybridized carbons (Fsp3) is 0.250. The SMILES string of the molecule is O=C(c1ccccn1)[C@]12Cc3cnn(-c4ccc(F)cc4)c3C[C@@H]1CCN(S(=O)(=O)c1cccc(F)c1)C2. The molecule has 0 unspecified atom stereocenters. The first-order chi connectivity index (χ1) is 18.3. The maximum Gasteiger partial charge on any atom is 0.243 e. The minimum absolute atomic E-state index is 0.0485. The first-order valence-electron chi connectivity index (χ1n) is 12.3. The number of rotatable bonds is 5. The van der Waals surface area contributed by atoms with Crippen molar-refractivity contribution in [3.63, 3.8) is 0 Å². The topological polar surface area (TPSA) is 85.2 Å². The van der Waals surface area contributed by atoms with Crippen LogP contribution in [0, 0.1) is 23.0 Å². The minimum Gasteiger partial charge on any atom is -0.292 e. The van der Waals surface area contributed by atoms with E-state index in [-0.39, 0.29) is 47.6 Å². The molecule has 0 saturated carbocycles. The van der Waals surface area contributed by atoms with Crippen molar-refractivity contribution in [3.05, 3.63) is 108 Å². The molecular formula is C28H24F2N4O3S. The van der Waals surface area contributed by atoms with Crippen LogP contribution in [0.15, 0.2) is 84.0 Å². The van der Waals surface area contributed by atoms with E-state index in [1.807, 2.05) is 0 Å². The normalized spacial score (nSPS) is 21.5. The van der Waals surface area contributed by atoms with E-state index >= 15 is 0 Å².